The lowest BCUT2D eigenvalue weighted by molar-refractivity contribution is -0.111. The number of halogens is 1. The fourth-order valence-electron chi connectivity index (χ4n) is 2.28. The van der Waals surface area contributed by atoms with Crippen LogP contribution in [0, 0.1) is 3.57 Å². The number of amides is 1. The Morgan fingerprint density at radius 2 is 1.64 bits per heavy atom. The molecule has 0 saturated carbocycles. The number of carbonyl (C=O) groups excluding carboxylic acids is 1. The number of benzene rings is 3. The molecule has 0 fully saturated rings. The maximum atomic E-state index is 12.0. The van der Waals surface area contributed by atoms with E-state index in [2.05, 4.69) is 46.1 Å². The Hall–Kier alpha value is -2.14. The van der Waals surface area contributed by atoms with E-state index in [-0.39, 0.29) is 5.91 Å². The lowest BCUT2D eigenvalue weighted by Gasteiger charge is -2.03. The van der Waals surface area contributed by atoms with Crippen LogP contribution in [0.4, 0.5) is 5.69 Å². The van der Waals surface area contributed by atoms with Crippen molar-refractivity contribution < 1.29 is 4.79 Å². The molecule has 0 radical (unpaired) electrons. The smallest absolute Gasteiger partial charge is 0.248 e. The van der Waals surface area contributed by atoms with Crippen LogP contribution >= 0.6 is 22.6 Å². The Balaban J connectivity index is 1.78. The van der Waals surface area contributed by atoms with Crippen LogP contribution in [-0.2, 0) is 4.79 Å². The van der Waals surface area contributed by atoms with Gasteiger partial charge in [0.15, 0.2) is 0 Å². The van der Waals surface area contributed by atoms with Crippen molar-refractivity contribution in [3.05, 3.63) is 81.9 Å². The van der Waals surface area contributed by atoms with Crippen LogP contribution in [0.25, 0.3) is 16.8 Å². The molecule has 3 heteroatoms. The van der Waals surface area contributed by atoms with Crippen LogP contribution in [0.15, 0.2) is 72.8 Å². The molecule has 22 heavy (non-hydrogen) atoms. The molecule has 0 atom stereocenters. The summed E-state index contributed by atoms with van der Waals surface area (Å²) >= 11 is 2.24. The summed E-state index contributed by atoms with van der Waals surface area (Å²) in [6.07, 6.45) is 3.42. The molecule has 2 nitrogen and oxygen atoms in total. The molecule has 1 amide bonds. The molecule has 0 aromatic heterocycles. The number of anilines is 1. The number of nitrogens with one attached hydrogen (secondary N) is 1. The van der Waals surface area contributed by atoms with Crippen LogP contribution in [0.1, 0.15) is 5.56 Å². The topological polar surface area (TPSA) is 29.1 Å². The van der Waals surface area contributed by atoms with Gasteiger partial charge in [0.05, 0.1) is 0 Å². The van der Waals surface area contributed by atoms with Gasteiger partial charge in [-0.15, -0.1) is 0 Å². The summed E-state index contributed by atoms with van der Waals surface area (Å²) in [6, 6.07) is 21.9. The van der Waals surface area contributed by atoms with E-state index in [4.69, 9.17) is 0 Å². The molecule has 3 aromatic carbocycles. The minimum atomic E-state index is -0.130. The summed E-state index contributed by atoms with van der Waals surface area (Å²) in [6.45, 7) is 0. The number of hydrogen-bond donors (Lipinski definition) is 1. The molecule has 0 heterocycles. The Labute approximate surface area is 143 Å². The van der Waals surface area contributed by atoms with E-state index in [1.807, 2.05) is 54.6 Å². The summed E-state index contributed by atoms with van der Waals surface area (Å²) in [4.78, 5) is 12.0. The van der Waals surface area contributed by atoms with Crippen LogP contribution in [0.2, 0.25) is 0 Å². The van der Waals surface area contributed by atoms with Gasteiger partial charge in [0.2, 0.25) is 5.91 Å². The van der Waals surface area contributed by atoms with Crippen molar-refractivity contribution in [1.82, 2.24) is 0 Å². The maximum Gasteiger partial charge on any atom is 0.248 e. The minimum absolute atomic E-state index is 0.130. The summed E-state index contributed by atoms with van der Waals surface area (Å²) in [5.74, 6) is -0.130. The fourth-order valence-corrected chi connectivity index (χ4v) is 2.64. The summed E-state index contributed by atoms with van der Waals surface area (Å²) in [5.41, 5.74) is 1.84. The quantitative estimate of drug-likeness (QED) is 0.482. The lowest BCUT2D eigenvalue weighted by atomic mass is 10.0. The largest absolute Gasteiger partial charge is 0.323 e. The number of carbonyl (C=O) groups is 1. The van der Waals surface area contributed by atoms with Crippen molar-refractivity contribution in [3.8, 4) is 0 Å². The molecule has 3 rings (SSSR count). The van der Waals surface area contributed by atoms with E-state index in [1.165, 1.54) is 5.39 Å². The Bertz CT molecular complexity index is 832. The Morgan fingerprint density at radius 3 is 2.45 bits per heavy atom. The van der Waals surface area contributed by atoms with E-state index in [0.29, 0.717) is 0 Å². The van der Waals surface area contributed by atoms with Gasteiger partial charge in [-0.25, -0.2) is 0 Å². The standard InChI is InChI=1S/C19H14INO/c20-16-9-11-17(12-10-16)21-19(22)13-8-15-6-3-5-14-4-1-2-7-18(14)15/h1-13H,(H,21,22). The Morgan fingerprint density at radius 1 is 0.909 bits per heavy atom. The van der Waals surface area contributed by atoms with Gasteiger partial charge in [0, 0.05) is 15.3 Å². The van der Waals surface area contributed by atoms with Gasteiger partial charge in [0.25, 0.3) is 0 Å². The number of fused-ring (bicyclic) bond motifs is 1. The first-order chi connectivity index (χ1) is 10.7. The predicted molar refractivity (Wildman–Crippen MR) is 101 cm³/mol. The lowest BCUT2D eigenvalue weighted by Crippen LogP contribution is -2.07. The van der Waals surface area contributed by atoms with E-state index in [1.54, 1.807) is 6.08 Å². The third-order valence-electron chi connectivity index (χ3n) is 3.35. The van der Waals surface area contributed by atoms with Gasteiger partial charge in [-0.1, -0.05) is 42.5 Å². The van der Waals surface area contributed by atoms with Crippen LogP contribution in [0.5, 0.6) is 0 Å². The van der Waals surface area contributed by atoms with E-state index in [9.17, 15) is 4.79 Å². The molecule has 0 aliphatic heterocycles. The zero-order valence-electron chi connectivity index (χ0n) is 11.8. The monoisotopic (exact) mass is 399 g/mol. The third kappa shape index (κ3) is 3.54. The Kier molecular flexibility index (Phi) is 4.53. The van der Waals surface area contributed by atoms with E-state index < -0.39 is 0 Å². The molecule has 0 bridgehead atoms. The average Bonchev–Trinajstić information content (AvgIpc) is 2.55. The van der Waals surface area contributed by atoms with E-state index in [0.717, 1.165) is 20.2 Å². The fraction of sp³-hybridized carbons (Fsp3) is 0. The first-order valence-corrected chi connectivity index (χ1v) is 8.03. The summed E-state index contributed by atoms with van der Waals surface area (Å²) < 4.78 is 1.14. The van der Waals surface area contributed by atoms with Crippen molar-refractivity contribution in [2.75, 3.05) is 5.32 Å². The molecule has 0 unspecified atom stereocenters. The number of hydrogen-bond acceptors (Lipinski definition) is 1. The highest BCUT2D eigenvalue weighted by Gasteiger charge is 2.00. The van der Waals surface area contributed by atoms with Gasteiger partial charge in [-0.2, -0.15) is 0 Å². The molecule has 0 aliphatic carbocycles. The van der Waals surface area contributed by atoms with Gasteiger partial charge in [0.1, 0.15) is 0 Å². The van der Waals surface area contributed by atoms with Gasteiger partial charge in [-0.05, 0) is 69.3 Å². The molecule has 0 aliphatic rings. The van der Waals surface area contributed by atoms with Crippen molar-refractivity contribution in [1.29, 1.82) is 0 Å². The highest BCUT2D eigenvalue weighted by atomic mass is 127. The zero-order valence-corrected chi connectivity index (χ0v) is 13.9. The highest BCUT2D eigenvalue weighted by Crippen LogP contribution is 2.19. The summed E-state index contributed by atoms with van der Waals surface area (Å²) in [5, 5.41) is 5.17. The van der Waals surface area contributed by atoms with E-state index >= 15 is 0 Å². The minimum Gasteiger partial charge on any atom is -0.323 e. The van der Waals surface area contributed by atoms with Gasteiger partial charge < -0.3 is 5.32 Å². The average molecular weight is 399 g/mol. The summed E-state index contributed by atoms with van der Waals surface area (Å²) in [7, 11) is 0. The molecular weight excluding hydrogens is 385 g/mol. The number of rotatable bonds is 3. The molecule has 0 spiro atoms. The highest BCUT2D eigenvalue weighted by molar-refractivity contribution is 14.1. The second kappa shape index (κ2) is 6.75. The molecule has 0 saturated heterocycles. The zero-order chi connectivity index (χ0) is 15.4. The van der Waals surface area contributed by atoms with Gasteiger partial charge >= 0.3 is 0 Å². The third-order valence-corrected chi connectivity index (χ3v) is 4.07. The van der Waals surface area contributed by atoms with Crippen molar-refractivity contribution in [2.45, 2.75) is 0 Å². The van der Waals surface area contributed by atoms with Crippen molar-refractivity contribution in [3.63, 3.8) is 0 Å². The molecule has 1 N–H and O–H groups in total. The molecule has 108 valence electrons. The molecular formula is C19H14INO. The maximum absolute atomic E-state index is 12.0. The normalized spacial score (nSPS) is 11.0. The van der Waals surface area contributed by atoms with Crippen LogP contribution in [-0.4, -0.2) is 5.91 Å². The molecule has 3 aromatic rings. The SMILES string of the molecule is O=C(C=Cc1cccc2ccccc12)Nc1ccc(I)cc1. The second-order valence-corrected chi connectivity index (χ2v) is 6.14. The first-order valence-electron chi connectivity index (χ1n) is 6.95. The van der Waals surface area contributed by atoms with Gasteiger partial charge in [-0.3, -0.25) is 4.79 Å². The van der Waals surface area contributed by atoms with Crippen LogP contribution < -0.4 is 5.32 Å². The van der Waals surface area contributed by atoms with Crippen molar-refractivity contribution in [2.24, 2.45) is 0 Å². The predicted octanol–water partition coefficient (Wildman–Crippen LogP) is 5.10. The van der Waals surface area contributed by atoms with Crippen molar-refractivity contribution >= 4 is 51.0 Å². The van der Waals surface area contributed by atoms with Crippen LogP contribution in [0.3, 0.4) is 0 Å². The first kappa shape index (κ1) is 14.8. The second-order valence-electron chi connectivity index (χ2n) is 4.90.